The van der Waals surface area contributed by atoms with Crippen LogP contribution in [0.5, 0.6) is 0 Å². The van der Waals surface area contributed by atoms with Crippen LogP contribution in [0.4, 0.5) is 0 Å². The quantitative estimate of drug-likeness (QED) is 0.594. The van der Waals surface area contributed by atoms with E-state index in [0.717, 1.165) is 23.6 Å². The van der Waals surface area contributed by atoms with E-state index in [1.165, 1.54) is 14.1 Å². The van der Waals surface area contributed by atoms with Crippen LogP contribution in [-0.4, -0.2) is 33.4 Å². The second-order valence-electron chi connectivity index (χ2n) is 2.77. The molecule has 0 atom stereocenters. The van der Waals surface area contributed by atoms with Crippen molar-refractivity contribution in [1.82, 2.24) is 4.31 Å². The van der Waals surface area contributed by atoms with Crippen LogP contribution in [0.2, 0.25) is 0 Å². The molecule has 0 fully saturated rings. The number of unbranched alkanes of at least 4 members (excludes halogenated alkanes) is 2. The molecule has 0 saturated heterocycles. The molecule has 0 aliphatic rings. The van der Waals surface area contributed by atoms with Gasteiger partial charge in [-0.3, -0.25) is 4.18 Å². The highest BCUT2D eigenvalue weighted by atomic mass is 32.2. The number of hydrogen-bond acceptors (Lipinski definition) is 3. The third-order valence-electron chi connectivity index (χ3n) is 1.43. The second-order valence-corrected chi connectivity index (χ2v) is 4.59. The first-order chi connectivity index (χ1) is 5.50. The van der Waals surface area contributed by atoms with Crippen LogP contribution < -0.4 is 0 Å². The first-order valence-corrected chi connectivity index (χ1v) is 5.44. The van der Waals surface area contributed by atoms with Gasteiger partial charge in [0.15, 0.2) is 0 Å². The molecule has 0 heterocycles. The molecule has 0 aliphatic heterocycles. The Morgan fingerprint density at radius 2 is 1.83 bits per heavy atom. The maximum atomic E-state index is 11.0. The van der Waals surface area contributed by atoms with Gasteiger partial charge in [-0.05, 0) is 6.42 Å². The molecule has 0 bridgehead atoms. The van der Waals surface area contributed by atoms with E-state index in [2.05, 4.69) is 6.92 Å². The summed E-state index contributed by atoms with van der Waals surface area (Å²) in [4.78, 5) is 0. The Morgan fingerprint density at radius 3 is 2.25 bits per heavy atom. The van der Waals surface area contributed by atoms with Crippen molar-refractivity contribution in [3.8, 4) is 0 Å². The van der Waals surface area contributed by atoms with Crippen molar-refractivity contribution in [2.45, 2.75) is 26.2 Å². The highest BCUT2D eigenvalue weighted by Crippen LogP contribution is 2.00. The zero-order valence-corrected chi connectivity index (χ0v) is 8.73. The maximum absolute atomic E-state index is 11.0. The minimum absolute atomic E-state index is 0.286. The summed E-state index contributed by atoms with van der Waals surface area (Å²) in [7, 11) is -0.538. The summed E-state index contributed by atoms with van der Waals surface area (Å²) < 4.78 is 27.8. The summed E-state index contributed by atoms with van der Waals surface area (Å²) in [5, 5.41) is 0. The van der Waals surface area contributed by atoms with Crippen molar-refractivity contribution in [3.63, 3.8) is 0 Å². The van der Waals surface area contributed by atoms with Crippen LogP contribution in [0.15, 0.2) is 0 Å². The molecule has 74 valence electrons. The molecule has 0 aromatic heterocycles. The van der Waals surface area contributed by atoms with Crippen molar-refractivity contribution in [3.05, 3.63) is 0 Å². The Morgan fingerprint density at radius 1 is 1.25 bits per heavy atom. The van der Waals surface area contributed by atoms with Crippen molar-refractivity contribution in [2.24, 2.45) is 0 Å². The third kappa shape index (κ3) is 4.69. The lowest BCUT2D eigenvalue weighted by molar-refractivity contribution is 0.281. The summed E-state index contributed by atoms with van der Waals surface area (Å²) in [5.74, 6) is 0. The average molecular weight is 195 g/mol. The number of hydrogen-bond donors (Lipinski definition) is 0. The van der Waals surface area contributed by atoms with Crippen molar-refractivity contribution >= 4 is 10.3 Å². The predicted octanol–water partition coefficient (Wildman–Crippen LogP) is 1.000. The fraction of sp³-hybridized carbons (Fsp3) is 1.00. The minimum atomic E-state index is -3.45. The van der Waals surface area contributed by atoms with Crippen LogP contribution in [0, 0.1) is 0 Å². The van der Waals surface area contributed by atoms with E-state index >= 15 is 0 Å². The number of nitrogens with zero attached hydrogens (tertiary/aromatic N) is 1. The van der Waals surface area contributed by atoms with Crippen molar-refractivity contribution in [2.75, 3.05) is 20.7 Å². The van der Waals surface area contributed by atoms with Gasteiger partial charge >= 0.3 is 10.3 Å². The van der Waals surface area contributed by atoms with E-state index < -0.39 is 10.3 Å². The van der Waals surface area contributed by atoms with E-state index in [-0.39, 0.29) is 6.61 Å². The zero-order valence-electron chi connectivity index (χ0n) is 7.91. The molecule has 5 heteroatoms. The Hall–Kier alpha value is -0.130. The van der Waals surface area contributed by atoms with Crippen LogP contribution in [0.25, 0.3) is 0 Å². The Balaban J connectivity index is 3.63. The molecule has 0 rings (SSSR count). The van der Waals surface area contributed by atoms with Crippen LogP contribution in [-0.2, 0) is 14.5 Å². The summed E-state index contributed by atoms with van der Waals surface area (Å²) in [6.07, 6.45) is 2.86. The molecule has 0 saturated carbocycles. The Bertz CT molecular complexity index is 199. The topological polar surface area (TPSA) is 46.6 Å². The van der Waals surface area contributed by atoms with E-state index in [9.17, 15) is 8.42 Å². The summed E-state index contributed by atoms with van der Waals surface area (Å²) >= 11 is 0. The van der Waals surface area contributed by atoms with Gasteiger partial charge in [0.1, 0.15) is 0 Å². The lowest BCUT2D eigenvalue weighted by atomic mass is 10.3. The van der Waals surface area contributed by atoms with Gasteiger partial charge in [0, 0.05) is 14.1 Å². The molecule has 0 radical (unpaired) electrons. The smallest absolute Gasteiger partial charge is 0.258 e. The molecule has 0 aromatic rings. The normalized spacial score (nSPS) is 12.3. The van der Waals surface area contributed by atoms with Crippen LogP contribution in [0.3, 0.4) is 0 Å². The molecular formula is C7H17NO3S. The van der Waals surface area contributed by atoms with E-state index in [1.54, 1.807) is 0 Å². The molecule has 0 unspecified atom stereocenters. The molecule has 0 amide bonds. The number of rotatable bonds is 6. The molecule has 0 aromatic carbocycles. The summed E-state index contributed by atoms with van der Waals surface area (Å²) in [6, 6.07) is 0. The van der Waals surface area contributed by atoms with Gasteiger partial charge in [0.2, 0.25) is 0 Å². The third-order valence-corrected chi connectivity index (χ3v) is 2.79. The van der Waals surface area contributed by atoms with E-state index in [4.69, 9.17) is 4.18 Å². The molecule has 0 N–H and O–H groups in total. The largest absolute Gasteiger partial charge is 0.337 e. The average Bonchev–Trinajstić information content (AvgIpc) is 1.98. The maximum Gasteiger partial charge on any atom is 0.337 e. The lowest BCUT2D eigenvalue weighted by Gasteiger charge is -2.10. The summed E-state index contributed by atoms with van der Waals surface area (Å²) in [5.41, 5.74) is 0. The summed E-state index contributed by atoms with van der Waals surface area (Å²) in [6.45, 7) is 2.34. The molecular weight excluding hydrogens is 178 g/mol. The highest BCUT2D eigenvalue weighted by molar-refractivity contribution is 7.84. The van der Waals surface area contributed by atoms with Crippen molar-refractivity contribution < 1.29 is 12.6 Å². The first-order valence-electron chi connectivity index (χ1n) is 4.07. The fourth-order valence-corrected chi connectivity index (χ4v) is 1.16. The fourth-order valence-electron chi connectivity index (χ4n) is 0.622. The van der Waals surface area contributed by atoms with Crippen molar-refractivity contribution in [1.29, 1.82) is 0 Å². The first kappa shape index (κ1) is 11.9. The minimum Gasteiger partial charge on any atom is -0.258 e. The van der Waals surface area contributed by atoms with E-state index in [0.29, 0.717) is 0 Å². The van der Waals surface area contributed by atoms with Gasteiger partial charge in [-0.15, -0.1) is 0 Å². The second kappa shape index (κ2) is 5.50. The highest BCUT2D eigenvalue weighted by Gasteiger charge is 2.12. The molecule has 0 aliphatic carbocycles. The predicted molar refractivity (Wildman–Crippen MR) is 48.1 cm³/mol. The molecule has 12 heavy (non-hydrogen) atoms. The Kier molecular flexibility index (Phi) is 5.44. The van der Waals surface area contributed by atoms with Crippen LogP contribution >= 0.6 is 0 Å². The lowest BCUT2D eigenvalue weighted by Crippen LogP contribution is -2.24. The van der Waals surface area contributed by atoms with Gasteiger partial charge in [-0.2, -0.15) is 12.7 Å². The van der Waals surface area contributed by atoms with E-state index in [1.807, 2.05) is 0 Å². The van der Waals surface area contributed by atoms with Gasteiger partial charge < -0.3 is 0 Å². The van der Waals surface area contributed by atoms with Gasteiger partial charge in [0.05, 0.1) is 6.61 Å². The molecule has 0 spiro atoms. The van der Waals surface area contributed by atoms with Crippen LogP contribution in [0.1, 0.15) is 26.2 Å². The standard InChI is InChI=1S/C7H17NO3S/c1-4-5-6-7-11-12(9,10)8(2)3/h4-7H2,1-3H3. The Labute approximate surface area is 74.8 Å². The van der Waals surface area contributed by atoms with Gasteiger partial charge in [0.25, 0.3) is 0 Å². The monoisotopic (exact) mass is 195 g/mol. The molecule has 4 nitrogen and oxygen atoms in total. The van der Waals surface area contributed by atoms with Gasteiger partial charge in [-0.1, -0.05) is 19.8 Å². The zero-order chi connectivity index (χ0) is 9.61. The SMILES string of the molecule is CCCCCOS(=O)(=O)N(C)C. The van der Waals surface area contributed by atoms with Gasteiger partial charge in [-0.25, -0.2) is 0 Å².